The van der Waals surface area contributed by atoms with E-state index in [1.54, 1.807) is 6.92 Å². The van der Waals surface area contributed by atoms with Gasteiger partial charge in [0.1, 0.15) is 0 Å². The van der Waals surface area contributed by atoms with E-state index >= 15 is 0 Å². The van der Waals surface area contributed by atoms with Crippen LogP contribution in [0.1, 0.15) is 58.8 Å². The van der Waals surface area contributed by atoms with Crippen molar-refractivity contribution in [3.8, 4) is 11.5 Å². The first-order chi connectivity index (χ1) is 14.4. The van der Waals surface area contributed by atoms with E-state index in [1.165, 1.54) is 25.7 Å². The molecule has 1 unspecified atom stereocenters. The molecule has 0 bridgehead atoms. The topological polar surface area (TPSA) is 27.7 Å². The summed E-state index contributed by atoms with van der Waals surface area (Å²) in [7, 11) is 0. The Kier molecular flexibility index (Phi) is 7.66. The Labute approximate surface area is 175 Å². The zero-order chi connectivity index (χ0) is 21.7. The van der Waals surface area contributed by atoms with Gasteiger partial charge >= 0.3 is 6.11 Å². The van der Waals surface area contributed by atoms with E-state index in [4.69, 9.17) is 9.47 Å². The highest BCUT2D eigenvalue weighted by molar-refractivity contribution is 5.35. The molecule has 1 aliphatic carbocycles. The highest BCUT2D eigenvalue weighted by Crippen LogP contribution is 2.39. The molecule has 7 heteroatoms. The van der Waals surface area contributed by atoms with Gasteiger partial charge < -0.3 is 14.2 Å². The molecule has 1 aromatic carbocycles. The van der Waals surface area contributed by atoms with Gasteiger partial charge in [0.05, 0.1) is 13.2 Å². The Morgan fingerprint density at radius 1 is 1.03 bits per heavy atom. The molecule has 0 spiro atoms. The molecule has 1 aromatic rings. The lowest BCUT2D eigenvalue weighted by Crippen LogP contribution is -2.43. The lowest BCUT2D eigenvalue weighted by molar-refractivity contribution is -0.252. The quantitative estimate of drug-likeness (QED) is 0.341. The molecule has 0 saturated heterocycles. The van der Waals surface area contributed by atoms with Crippen LogP contribution >= 0.6 is 0 Å². The Balaban J connectivity index is 1.60. The summed E-state index contributed by atoms with van der Waals surface area (Å²) < 4.78 is 72.0. The normalized spacial score (nSPS) is 25.0. The molecular formula is C23H30F4O3. The summed E-state index contributed by atoms with van der Waals surface area (Å²) in [5.41, 5.74) is 1.07. The summed E-state index contributed by atoms with van der Waals surface area (Å²) in [6.07, 6.45) is 3.34. The molecule has 30 heavy (non-hydrogen) atoms. The van der Waals surface area contributed by atoms with Gasteiger partial charge in [-0.2, -0.15) is 17.6 Å². The number of ether oxygens (including phenoxy) is 3. The van der Waals surface area contributed by atoms with Crippen LogP contribution in [0.4, 0.5) is 17.6 Å². The molecule has 1 atom stereocenters. The lowest BCUT2D eigenvalue weighted by atomic mass is 9.76. The standard InChI is InChI=1S/C23H30F4O3/c1-3-5-15-6-8-16(9-7-15)17-10-13-20(29-14-17)23(26,27)30-19-12-11-18(28-4-2)21(24)22(19)25/h10-12,15-16,20H,3-9,13-14H2,1-2H3. The molecule has 168 valence electrons. The highest BCUT2D eigenvalue weighted by Gasteiger charge is 2.45. The summed E-state index contributed by atoms with van der Waals surface area (Å²) in [6.45, 7) is 4.04. The molecular weight excluding hydrogens is 400 g/mol. The van der Waals surface area contributed by atoms with E-state index in [2.05, 4.69) is 11.7 Å². The zero-order valence-corrected chi connectivity index (χ0v) is 17.6. The molecule has 0 aromatic heterocycles. The SMILES string of the molecule is CCCC1CCC(C2=CCC(C(F)(F)Oc3ccc(OCC)c(F)c3F)OC2)CC1. The van der Waals surface area contributed by atoms with Gasteiger partial charge in [0.15, 0.2) is 17.6 Å². The van der Waals surface area contributed by atoms with Crippen molar-refractivity contribution in [3.05, 3.63) is 35.4 Å². The van der Waals surface area contributed by atoms with Crippen molar-refractivity contribution in [1.29, 1.82) is 0 Å². The first-order valence-electron chi connectivity index (χ1n) is 10.8. The fourth-order valence-corrected chi connectivity index (χ4v) is 4.40. The largest absolute Gasteiger partial charge is 0.491 e. The number of benzene rings is 1. The summed E-state index contributed by atoms with van der Waals surface area (Å²) >= 11 is 0. The van der Waals surface area contributed by atoms with Crippen molar-refractivity contribution in [3.63, 3.8) is 0 Å². The number of rotatable bonds is 8. The fraction of sp³-hybridized carbons (Fsp3) is 0.652. The van der Waals surface area contributed by atoms with Gasteiger partial charge in [-0.15, -0.1) is 0 Å². The maximum Gasteiger partial charge on any atom is 0.425 e. The summed E-state index contributed by atoms with van der Waals surface area (Å²) in [6, 6.07) is 2.01. The van der Waals surface area contributed by atoms with Crippen molar-refractivity contribution < 1.29 is 31.8 Å². The monoisotopic (exact) mass is 430 g/mol. The summed E-state index contributed by atoms with van der Waals surface area (Å²) in [5.74, 6) is -2.92. The molecule has 1 heterocycles. The van der Waals surface area contributed by atoms with Gasteiger partial charge in [-0.25, -0.2) is 0 Å². The number of hydrogen-bond donors (Lipinski definition) is 0. The Morgan fingerprint density at radius 2 is 1.70 bits per heavy atom. The van der Waals surface area contributed by atoms with Gasteiger partial charge in [-0.3, -0.25) is 0 Å². The molecule has 3 nitrogen and oxygen atoms in total. The number of halogens is 4. The zero-order valence-electron chi connectivity index (χ0n) is 17.6. The first-order valence-corrected chi connectivity index (χ1v) is 10.8. The minimum Gasteiger partial charge on any atom is -0.491 e. The van der Waals surface area contributed by atoms with Gasteiger partial charge in [0.2, 0.25) is 11.6 Å². The van der Waals surface area contributed by atoms with E-state index in [-0.39, 0.29) is 25.4 Å². The van der Waals surface area contributed by atoms with E-state index in [0.717, 1.165) is 36.5 Å². The third-order valence-corrected chi connectivity index (χ3v) is 6.05. The second-order valence-corrected chi connectivity index (χ2v) is 8.11. The van der Waals surface area contributed by atoms with Crippen LogP contribution in [-0.2, 0) is 4.74 Å². The van der Waals surface area contributed by atoms with Crippen molar-refractivity contribution in [2.75, 3.05) is 13.2 Å². The second kappa shape index (κ2) is 10.0. The second-order valence-electron chi connectivity index (χ2n) is 8.11. The third-order valence-electron chi connectivity index (χ3n) is 6.05. The summed E-state index contributed by atoms with van der Waals surface area (Å²) in [5, 5.41) is 0. The van der Waals surface area contributed by atoms with E-state index in [1.807, 2.05) is 6.08 Å². The summed E-state index contributed by atoms with van der Waals surface area (Å²) in [4.78, 5) is 0. The molecule has 0 N–H and O–H groups in total. The molecule has 1 saturated carbocycles. The third kappa shape index (κ3) is 5.29. The minimum atomic E-state index is -3.79. The van der Waals surface area contributed by atoms with Gasteiger partial charge in [-0.05, 0) is 62.1 Å². The van der Waals surface area contributed by atoms with Crippen LogP contribution in [0.25, 0.3) is 0 Å². The van der Waals surface area contributed by atoms with Crippen LogP contribution in [0.5, 0.6) is 11.5 Å². The Bertz CT molecular complexity index is 742. The average molecular weight is 430 g/mol. The van der Waals surface area contributed by atoms with E-state index in [9.17, 15) is 17.6 Å². The van der Waals surface area contributed by atoms with Crippen LogP contribution in [0.15, 0.2) is 23.8 Å². The average Bonchev–Trinajstić information content (AvgIpc) is 2.74. The highest BCUT2D eigenvalue weighted by atomic mass is 19.3. The van der Waals surface area contributed by atoms with Crippen LogP contribution < -0.4 is 9.47 Å². The number of hydrogen-bond acceptors (Lipinski definition) is 3. The lowest BCUT2D eigenvalue weighted by Gasteiger charge is -2.34. The first kappa shape index (κ1) is 22.9. The van der Waals surface area contributed by atoms with Crippen LogP contribution in [0.3, 0.4) is 0 Å². The molecule has 1 fully saturated rings. The van der Waals surface area contributed by atoms with Crippen molar-refractivity contribution in [1.82, 2.24) is 0 Å². The fourth-order valence-electron chi connectivity index (χ4n) is 4.40. The maximum atomic E-state index is 14.6. The number of alkyl halides is 2. The molecule has 0 radical (unpaired) electrons. The molecule has 1 aliphatic heterocycles. The Hall–Kier alpha value is -1.76. The minimum absolute atomic E-state index is 0.0294. The molecule has 0 amide bonds. The van der Waals surface area contributed by atoms with Crippen molar-refractivity contribution >= 4 is 0 Å². The molecule has 3 rings (SSSR count). The molecule has 2 aliphatic rings. The predicted octanol–water partition coefficient (Wildman–Crippen LogP) is 6.66. The van der Waals surface area contributed by atoms with Crippen molar-refractivity contribution in [2.24, 2.45) is 11.8 Å². The van der Waals surface area contributed by atoms with E-state index in [0.29, 0.717) is 5.92 Å². The van der Waals surface area contributed by atoms with Crippen LogP contribution in [0, 0.1) is 23.5 Å². The van der Waals surface area contributed by atoms with E-state index < -0.39 is 29.6 Å². The smallest absolute Gasteiger partial charge is 0.425 e. The Morgan fingerprint density at radius 3 is 2.30 bits per heavy atom. The predicted molar refractivity (Wildman–Crippen MR) is 106 cm³/mol. The van der Waals surface area contributed by atoms with Crippen molar-refractivity contribution in [2.45, 2.75) is 71.0 Å². The van der Waals surface area contributed by atoms with Gasteiger partial charge in [-0.1, -0.05) is 25.8 Å². The van der Waals surface area contributed by atoms with Gasteiger partial charge in [0, 0.05) is 6.42 Å². The van der Waals surface area contributed by atoms with Crippen LogP contribution in [0.2, 0.25) is 0 Å². The van der Waals surface area contributed by atoms with Crippen LogP contribution in [-0.4, -0.2) is 25.4 Å². The maximum absolute atomic E-state index is 14.6. The van der Waals surface area contributed by atoms with Gasteiger partial charge in [0.25, 0.3) is 0 Å².